The Labute approximate surface area is 108 Å². The highest BCUT2D eigenvalue weighted by atomic mass is 15.3. The number of nitrogens with one attached hydrogen (secondary N) is 3. The molecule has 0 bridgehead atoms. The van der Waals surface area contributed by atoms with Gasteiger partial charge in [-0.2, -0.15) is 5.10 Å². The maximum Gasteiger partial charge on any atom is 0.0634 e. The number of hydrogen-bond acceptors (Lipinski definition) is 4. The fourth-order valence-electron chi connectivity index (χ4n) is 1.82. The Balaban J connectivity index is 0.000000149. The molecular weight excluding hydrogens is 224 g/mol. The predicted octanol–water partition coefficient (Wildman–Crippen LogP) is 2.38. The van der Waals surface area contributed by atoms with E-state index in [9.17, 15) is 0 Å². The van der Waals surface area contributed by atoms with Crippen molar-refractivity contribution in [2.24, 2.45) is 5.10 Å². The lowest BCUT2D eigenvalue weighted by Crippen LogP contribution is -2.30. The molecule has 0 amide bonds. The first kappa shape index (κ1) is 12.8. The van der Waals surface area contributed by atoms with Crippen molar-refractivity contribution in [2.75, 3.05) is 18.5 Å². The molecule has 2 aliphatic heterocycles. The topological polar surface area (TPSA) is 48.5 Å². The van der Waals surface area contributed by atoms with E-state index < -0.39 is 0 Å². The Morgan fingerprint density at radius 2 is 1.72 bits per heavy atom. The molecule has 3 rings (SSSR count). The lowest BCUT2D eigenvalue weighted by molar-refractivity contribution is 0.573. The monoisotopic (exact) mass is 244 g/mol. The zero-order valence-electron chi connectivity index (χ0n) is 10.5. The molecule has 18 heavy (non-hydrogen) atoms. The molecule has 96 valence electrons. The van der Waals surface area contributed by atoms with E-state index in [0.717, 1.165) is 18.8 Å². The van der Waals surface area contributed by atoms with Crippen LogP contribution in [0.25, 0.3) is 6.08 Å². The van der Waals surface area contributed by atoms with Crippen molar-refractivity contribution in [3.63, 3.8) is 0 Å². The van der Waals surface area contributed by atoms with Crippen LogP contribution in [0.4, 0.5) is 5.69 Å². The molecule has 1 aromatic carbocycles. The van der Waals surface area contributed by atoms with Crippen LogP contribution in [0.1, 0.15) is 24.8 Å². The molecule has 0 aliphatic carbocycles. The van der Waals surface area contributed by atoms with Crippen LogP contribution in [-0.4, -0.2) is 19.3 Å². The van der Waals surface area contributed by atoms with E-state index in [1.54, 1.807) is 6.21 Å². The van der Waals surface area contributed by atoms with Crippen molar-refractivity contribution >= 4 is 18.0 Å². The molecule has 3 N–H and O–H groups in total. The van der Waals surface area contributed by atoms with Crippen LogP contribution in [0.2, 0.25) is 0 Å². The van der Waals surface area contributed by atoms with Gasteiger partial charge >= 0.3 is 0 Å². The van der Waals surface area contributed by atoms with Crippen molar-refractivity contribution in [3.05, 3.63) is 35.9 Å². The van der Waals surface area contributed by atoms with E-state index in [-0.39, 0.29) is 0 Å². The molecule has 1 fully saturated rings. The summed E-state index contributed by atoms with van der Waals surface area (Å²) >= 11 is 0. The van der Waals surface area contributed by atoms with Crippen LogP contribution in [0.15, 0.2) is 35.4 Å². The lowest BCUT2D eigenvalue weighted by Gasteiger charge is -2.00. The second-order valence-corrected chi connectivity index (χ2v) is 4.25. The summed E-state index contributed by atoms with van der Waals surface area (Å²) in [4.78, 5) is 0. The maximum absolute atomic E-state index is 3.95. The van der Waals surface area contributed by atoms with E-state index in [4.69, 9.17) is 0 Å². The molecule has 1 saturated heterocycles. The van der Waals surface area contributed by atoms with Crippen molar-refractivity contribution in [1.82, 2.24) is 10.9 Å². The molecule has 0 radical (unpaired) electrons. The number of allylic oxidation sites excluding steroid dienone is 1. The first-order valence-corrected chi connectivity index (χ1v) is 6.47. The van der Waals surface area contributed by atoms with Crippen molar-refractivity contribution in [1.29, 1.82) is 0 Å². The molecule has 0 spiro atoms. The Hall–Kier alpha value is -1.65. The first-order chi connectivity index (χ1) is 8.97. The zero-order chi connectivity index (χ0) is 12.5. The normalized spacial score (nSPS) is 17.6. The standard InChI is InChI=1S/C9H8N2.C5H12N2/c1-2-6-9-8(4-1)5-3-7-10-11-9;1-2-4-6-7-5-3-1/h1-7,11H;6-7H,1-5H2. The summed E-state index contributed by atoms with van der Waals surface area (Å²) in [5.74, 6) is 0. The number of hydrogen-bond donors (Lipinski definition) is 3. The quantitative estimate of drug-likeness (QED) is 0.656. The average molecular weight is 244 g/mol. The zero-order valence-corrected chi connectivity index (χ0v) is 10.5. The molecule has 0 atom stereocenters. The van der Waals surface area contributed by atoms with Gasteiger partial charge in [0, 0.05) is 19.3 Å². The number of para-hydroxylation sites is 1. The van der Waals surface area contributed by atoms with E-state index >= 15 is 0 Å². The fraction of sp³-hybridized carbons (Fsp3) is 0.357. The summed E-state index contributed by atoms with van der Waals surface area (Å²) in [6.07, 6.45) is 9.71. The summed E-state index contributed by atoms with van der Waals surface area (Å²) in [6, 6.07) is 8.05. The summed E-state index contributed by atoms with van der Waals surface area (Å²) in [5, 5.41) is 3.95. The number of anilines is 1. The predicted molar refractivity (Wildman–Crippen MR) is 77.4 cm³/mol. The minimum atomic E-state index is 1.05. The molecule has 0 aromatic heterocycles. The van der Waals surface area contributed by atoms with Crippen LogP contribution >= 0.6 is 0 Å². The van der Waals surface area contributed by atoms with E-state index in [1.165, 1.54) is 24.8 Å². The van der Waals surface area contributed by atoms with Gasteiger partial charge in [0.2, 0.25) is 0 Å². The largest absolute Gasteiger partial charge is 0.278 e. The Morgan fingerprint density at radius 3 is 2.56 bits per heavy atom. The van der Waals surface area contributed by atoms with Crippen LogP contribution in [-0.2, 0) is 0 Å². The number of benzene rings is 1. The van der Waals surface area contributed by atoms with Crippen molar-refractivity contribution in [3.8, 4) is 0 Å². The van der Waals surface area contributed by atoms with Crippen LogP contribution in [0, 0.1) is 0 Å². The third-order valence-corrected chi connectivity index (χ3v) is 2.81. The van der Waals surface area contributed by atoms with E-state index in [0.29, 0.717) is 0 Å². The van der Waals surface area contributed by atoms with Crippen molar-refractivity contribution < 1.29 is 0 Å². The minimum absolute atomic E-state index is 1.05. The number of fused-ring (bicyclic) bond motifs is 1. The average Bonchev–Trinajstić information content (AvgIpc) is 2.84. The Morgan fingerprint density at radius 1 is 0.944 bits per heavy atom. The van der Waals surface area contributed by atoms with Gasteiger partial charge in [0.15, 0.2) is 0 Å². The second kappa shape index (κ2) is 7.63. The highest BCUT2D eigenvalue weighted by Crippen LogP contribution is 2.17. The molecule has 0 saturated carbocycles. The van der Waals surface area contributed by atoms with Crippen molar-refractivity contribution in [2.45, 2.75) is 19.3 Å². The fourth-order valence-corrected chi connectivity index (χ4v) is 1.82. The maximum atomic E-state index is 3.95. The van der Waals surface area contributed by atoms with Crippen LogP contribution in [0.5, 0.6) is 0 Å². The SMILES string of the molecule is C1=Cc2ccccc2NN=C1.C1CCNNCC1. The number of hydrazone groups is 1. The smallest absolute Gasteiger partial charge is 0.0634 e. The minimum Gasteiger partial charge on any atom is -0.278 e. The van der Waals surface area contributed by atoms with E-state index in [1.807, 2.05) is 36.4 Å². The van der Waals surface area contributed by atoms with Gasteiger partial charge in [0.1, 0.15) is 0 Å². The molecule has 2 heterocycles. The molecule has 1 aromatic rings. The molecule has 0 unspecified atom stereocenters. The third kappa shape index (κ3) is 4.31. The summed E-state index contributed by atoms with van der Waals surface area (Å²) in [7, 11) is 0. The number of nitrogens with zero attached hydrogens (tertiary/aromatic N) is 1. The first-order valence-electron chi connectivity index (χ1n) is 6.47. The Bertz CT molecular complexity index is 392. The summed E-state index contributed by atoms with van der Waals surface area (Å²) in [6.45, 7) is 2.28. The van der Waals surface area contributed by atoms with Gasteiger partial charge in [0.25, 0.3) is 0 Å². The highest BCUT2D eigenvalue weighted by molar-refractivity contribution is 5.83. The van der Waals surface area contributed by atoms with Gasteiger partial charge in [-0.25, -0.2) is 0 Å². The molecular formula is C14H20N4. The lowest BCUT2D eigenvalue weighted by atomic mass is 10.2. The highest BCUT2D eigenvalue weighted by Gasteiger charge is 1.96. The number of hydrazine groups is 1. The third-order valence-electron chi connectivity index (χ3n) is 2.81. The van der Waals surface area contributed by atoms with Gasteiger partial charge in [-0.15, -0.1) is 0 Å². The molecule has 2 aliphatic rings. The second-order valence-electron chi connectivity index (χ2n) is 4.25. The van der Waals surface area contributed by atoms with E-state index in [2.05, 4.69) is 21.4 Å². The molecule has 4 heteroatoms. The van der Waals surface area contributed by atoms with Crippen LogP contribution in [0.3, 0.4) is 0 Å². The van der Waals surface area contributed by atoms with Gasteiger partial charge < -0.3 is 0 Å². The Kier molecular flexibility index (Phi) is 5.43. The van der Waals surface area contributed by atoms with Crippen LogP contribution < -0.4 is 16.3 Å². The summed E-state index contributed by atoms with van der Waals surface area (Å²) in [5.41, 5.74) is 11.4. The molecule has 4 nitrogen and oxygen atoms in total. The van der Waals surface area contributed by atoms with Gasteiger partial charge in [-0.1, -0.05) is 30.7 Å². The van der Waals surface area contributed by atoms with Gasteiger partial charge in [0.05, 0.1) is 5.69 Å². The summed E-state index contributed by atoms with van der Waals surface area (Å²) < 4.78 is 0. The van der Waals surface area contributed by atoms with Gasteiger partial charge in [-0.05, 0) is 30.5 Å². The van der Waals surface area contributed by atoms with Gasteiger partial charge in [-0.3, -0.25) is 16.3 Å². The number of rotatable bonds is 0.